The summed E-state index contributed by atoms with van der Waals surface area (Å²) in [4.78, 5) is 0. The van der Waals surface area contributed by atoms with Gasteiger partial charge in [-0.1, -0.05) is 39.9 Å². The third-order valence-corrected chi connectivity index (χ3v) is 11.5. The number of rotatable bonds is 5. The minimum Gasteiger partial charge on any atom is -0.605 e. The van der Waals surface area contributed by atoms with Crippen LogP contribution in [0.4, 0.5) is 0 Å². The molecule has 1 heterocycles. The quantitative estimate of drug-likeness (QED) is 0.421. The minimum atomic E-state index is -1.74. The number of allylic oxidation sites excluding steroid dienone is 1. The number of ether oxygens (including phenoxy) is 1. The molecule has 1 aliphatic heterocycles. The van der Waals surface area contributed by atoms with E-state index in [2.05, 4.69) is 40.4 Å². The minimum absolute atomic E-state index is 0. The molecule has 1 atom stereocenters. The maximum Gasteiger partial charge on any atom is 1.00 e. The Balaban J connectivity index is 0.00000324. The molecule has 0 amide bonds. The Morgan fingerprint density at radius 1 is 1.37 bits per heavy atom. The van der Waals surface area contributed by atoms with Crippen LogP contribution in [0.25, 0.3) is 0 Å². The number of hydrogen-bond acceptors (Lipinski definition) is 2. The van der Waals surface area contributed by atoms with Crippen LogP contribution >= 0.6 is 0 Å². The van der Waals surface area contributed by atoms with Crippen LogP contribution < -0.4 is 24.0 Å². The molecule has 1 unspecified atom stereocenters. The Morgan fingerprint density at radius 2 is 1.89 bits per heavy atom. The van der Waals surface area contributed by atoms with Gasteiger partial charge in [-0.3, -0.25) is 0 Å². The van der Waals surface area contributed by atoms with Crippen LogP contribution in [0.5, 0.6) is 0 Å². The summed E-state index contributed by atoms with van der Waals surface area (Å²) < 4.78 is 5.73. The molecule has 1 rings (SSSR count). The van der Waals surface area contributed by atoms with Gasteiger partial charge in [0.25, 0.3) is 0 Å². The Bertz CT molecular complexity index is 369. The summed E-state index contributed by atoms with van der Waals surface area (Å²) in [6.07, 6.45) is 4.92. The van der Waals surface area contributed by atoms with Gasteiger partial charge >= 0.3 is 18.9 Å². The average Bonchev–Trinajstić information content (AvgIpc) is 2.25. The Kier molecular flexibility index (Phi) is 6.08. The molecule has 0 aliphatic carbocycles. The van der Waals surface area contributed by atoms with Gasteiger partial charge < -0.3 is 9.84 Å². The zero-order valence-electron chi connectivity index (χ0n) is 13.7. The van der Waals surface area contributed by atoms with Crippen LogP contribution in [0.15, 0.2) is 24.2 Å². The van der Waals surface area contributed by atoms with Crippen LogP contribution in [0.3, 0.4) is 0 Å². The second kappa shape index (κ2) is 6.12. The SMILES string of the molecule is C=CCCCC1([Si](C)(C)C(C)(C)C)OC([O-])=C1C.[Li+]. The Morgan fingerprint density at radius 3 is 2.21 bits per heavy atom. The van der Waals surface area contributed by atoms with Gasteiger partial charge in [0.2, 0.25) is 0 Å². The first-order chi connectivity index (χ1) is 8.10. The molecule has 0 saturated heterocycles. The predicted octanol–water partition coefficient (Wildman–Crippen LogP) is 0.755. The van der Waals surface area contributed by atoms with Crippen LogP contribution in [0, 0.1) is 0 Å². The summed E-state index contributed by atoms with van der Waals surface area (Å²) in [6, 6.07) is 0. The van der Waals surface area contributed by atoms with E-state index < -0.39 is 8.07 Å². The standard InChI is InChI=1S/C15H28O2Si.Li/c1-8-9-10-11-15(12(2)13(16)17-15)18(6,7)14(3,4)5;/h8,16H,1,9-11H2,2-7H3;/q;+1/p-1. The van der Waals surface area contributed by atoms with E-state index in [1.807, 2.05) is 13.0 Å². The maximum absolute atomic E-state index is 11.6. The largest absolute Gasteiger partial charge is 1.00 e. The van der Waals surface area contributed by atoms with E-state index in [0.717, 1.165) is 24.8 Å². The fourth-order valence-corrected chi connectivity index (χ4v) is 6.08. The van der Waals surface area contributed by atoms with E-state index in [4.69, 9.17) is 4.74 Å². The first kappa shape index (κ1) is 18.9. The van der Waals surface area contributed by atoms with Gasteiger partial charge in [-0.15, -0.1) is 6.58 Å². The Labute approximate surface area is 131 Å². The summed E-state index contributed by atoms with van der Waals surface area (Å²) in [5.74, 6) is -0.0987. The van der Waals surface area contributed by atoms with Crippen LogP contribution in [0.1, 0.15) is 47.0 Å². The molecule has 0 radical (unpaired) electrons. The first-order valence-electron chi connectivity index (χ1n) is 6.78. The van der Waals surface area contributed by atoms with Crippen molar-refractivity contribution >= 4 is 8.07 Å². The third-order valence-electron chi connectivity index (χ3n) is 5.00. The average molecular weight is 274 g/mol. The molecule has 4 heteroatoms. The van der Waals surface area contributed by atoms with Crippen molar-refractivity contribution in [2.24, 2.45) is 0 Å². The van der Waals surface area contributed by atoms with E-state index in [-0.39, 0.29) is 35.1 Å². The molecule has 0 N–H and O–H groups in total. The zero-order chi connectivity index (χ0) is 14.2. The summed E-state index contributed by atoms with van der Waals surface area (Å²) in [7, 11) is -1.74. The monoisotopic (exact) mass is 274 g/mol. The summed E-state index contributed by atoms with van der Waals surface area (Å²) in [5.41, 5.74) is 0.943. The molecule has 104 valence electrons. The second-order valence-corrected chi connectivity index (χ2v) is 12.5. The van der Waals surface area contributed by atoms with Crippen LogP contribution in [-0.4, -0.2) is 13.3 Å². The van der Waals surface area contributed by atoms with Gasteiger partial charge in [0.05, 0.1) is 14.0 Å². The molecule has 0 aromatic rings. The van der Waals surface area contributed by atoms with Gasteiger partial charge in [0.15, 0.2) is 0 Å². The maximum atomic E-state index is 11.6. The fraction of sp³-hybridized carbons (Fsp3) is 0.733. The van der Waals surface area contributed by atoms with E-state index >= 15 is 0 Å². The second-order valence-electron chi connectivity index (χ2n) is 6.90. The fourth-order valence-electron chi connectivity index (χ4n) is 2.68. The van der Waals surface area contributed by atoms with Crippen molar-refractivity contribution in [2.75, 3.05) is 0 Å². The molecule has 19 heavy (non-hydrogen) atoms. The Hall–Kier alpha value is -0.106. The smallest absolute Gasteiger partial charge is 0.605 e. The van der Waals surface area contributed by atoms with E-state index in [0.29, 0.717) is 0 Å². The van der Waals surface area contributed by atoms with E-state index in [1.165, 1.54) is 0 Å². The molecule has 0 fully saturated rings. The van der Waals surface area contributed by atoms with Crippen molar-refractivity contribution in [3.8, 4) is 0 Å². The first-order valence-corrected chi connectivity index (χ1v) is 9.78. The van der Waals surface area contributed by atoms with E-state index in [1.54, 1.807) is 0 Å². The molecule has 0 bridgehead atoms. The van der Waals surface area contributed by atoms with Crippen LogP contribution in [-0.2, 0) is 4.74 Å². The molecule has 1 aliphatic rings. The number of hydrogen-bond donors (Lipinski definition) is 0. The van der Waals surface area contributed by atoms with Crippen molar-refractivity contribution < 1.29 is 28.7 Å². The topological polar surface area (TPSA) is 32.3 Å². The molecular weight excluding hydrogens is 247 g/mol. The van der Waals surface area contributed by atoms with Gasteiger partial charge in [-0.25, -0.2) is 0 Å². The van der Waals surface area contributed by atoms with Gasteiger partial charge in [-0.2, -0.15) is 0 Å². The molecule has 0 aromatic carbocycles. The molecule has 2 nitrogen and oxygen atoms in total. The van der Waals surface area contributed by atoms with Crippen molar-refractivity contribution in [1.82, 2.24) is 0 Å². The molecular formula is C15H27LiO2Si. The zero-order valence-corrected chi connectivity index (χ0v) is 14.7. The normalized spacial score (nSPS) is 23.3. The third kappa shape index (κ3) is 2.99. The van der Waals surface area contributed by atoms with Crippen molar-refractivity contribution in [1.29, 1.82) is 0 Å². The summed E-state index contributed by atoms with van der Waals surface area (Å²) in [5, 5.41) is 11.5. The van der Waals surface area contributed by atoms with E-state index in [9.17, 15) is 5.11 Å². The molecule has 0 spiro atoms. The van der Waals surface area contributed by atoms with Crippen molar-refractivity contribution in [3.05, 3.63) is 24.2 Å². The van der Waals surface area contributed by atoms with Crippen molar-refractivity contribution in [2.45, 2.75) is 70.3 Å². The van der Waals surface area contributed by atoms with Gasteiger partial charge in [0, 0.05) is 5.22 Å². The van der Waals surface area contributed by atoms with Crippen molar-refractivity contribution in [3.63, 3.8) is 0 Å². The molecule has 0 aromatic heterocycles. The molecule has 0 saturated carbocycles. The summed E-state index contributed by atoms with van der Waals surface area (Å²) >= 11 is 0. The predicted molar refractivity (Wildman–Crippen MR) is 77.8 cm³/mol. The van der Waals surface area contributed by atoms with Crippen LogP contribution in [0.2, 0.25) is 18.1 Å². The van der Waals surface area contributed by atoms with Gasteiger partial charge in [-0.05, 0) is 36.8 Å². The number of unbranched alkanes of at least 4 members (excludes halogenated alkanes) is 1. The van der Waals surface area contributed by atoms with Gasteiger partial charge in [0.1, 0.15) is 0 Å². The summed E-state index contributed by atoms with van der Waals surface area (Å²) in [6.45, 7) is 17.2.